The second-order valence-corrected chi connectivity index (χ2v) is 4.79. The maximum Gasteiger partial charge on any atom is 0.234 e. The summed E-state index contributed by atoms with van der Waals surface area (Å²) >= 11 is 3.38. The number of amides is 1. The van der Waals surface area contributed by atoms with E-state index in [4.69, 9.17) is 5.11 Å². The van der Waals surface area contributed by atoms with Crippen LogP contribution in [0, 0.1) is 0 Å². The van der Waals surface area contributed by atoms with Crippen LogP contribution < -0.4 is 5.32 Å². The molecule has 1 aromatic rings. The molecule has 4 nitrogen and oxygen atoms in total. The van der Waals surface area contributed by atoms with E-state index in [-0.39, 0.29) is 12.5 Å². The summed E-state index contributed by atoms with van der Waals surface area (Å²) in [5.41, 5.74) is 1.16. The minimum atomic E-state index is -0.0707. The van der Waals surface area contributed by atoms with Crippen LogP contribution in [0.1, 0.15) is 5.56 Å². The molecule has 17 heavy (non-hydrogen) atoms. The van der Waals surface area contributed by atoms with Crippen LogP contribution in [0.3, 0.4) is 0 Å². The average molecular weight is 301 g/mol. The Balaban J connectivity index is 2.36. The van der Waals surface area contributed by atoms with Gasteiger partial charge in [-0.15, -0.1) is 0 Å². The molecule has 5 heteroatoms. The molecule has 0 unspecified atom stereocenters. The van der Waals surface area contributed by atoms with Crippen LogP contribution in [-0.4, -0.2) is 42.7 Å². The fourth-order valence-corrected chi connectivity index (χ4v) is 1.72. The maximum absolute atomic E-state index is 11.4. The van der Waals surface area contributed by atoms with Gasteiger partial charge in [-0.1, -0.05) is 28.1 Å². The van der Waals surface area contributed by atoms with Crippen molar-refractivity contribution >= 4 is 21.8 Å². The third-order valence-corrected chi connectivity index (χ3v) is 2.74. The van der Waals surface area contributed by atoms with Crippen LogP contribution in [0.5, 0.6) is 0 Å². The van der Waals surface area contributed by atoms with Crippen molar-refractivity contribution in [3.8, 4) is 0 Å². The van der Waals surface area contributed by atoms with Gasteiger partial charge in [-0.3, -0.25) is 9.69 Å². The second kappa shape index (κ2) is 7.42. The summed E-state index contributed by atoms with van der Waals surface area (Å²) in [7, 11) is 1.89. The van der Waals surface area contributed by atoms with E-state index in [1.54, 1.807) is 0 Å². The van der Waals surface area contributed by atoms with Gasteiger partial charge in [-0.05, 0) is 24.7 Å². The number of likely N-dealkylation sites (N-methyl/N-ethyl adjacent to an activating group) is 1. The van der Waals surface area contributed by atoms with E-state index >= 15 is 0 Å². The van der Waals surface area contributed by atoms with Crippen LogP contribution in [-0.2, 0) is 11.3 Å². The summed E-state index contributed by atoms with van der Waals surface area (Å²) in [4.78, 5) is 13.3. The van der Waals surface area contributed by atoms with Crippen LogP contribution in [0.2, 0.25) is 0 Å². The molecule has 0 bridgehead atoms. The van der Waals surface area contributed by atoms with Gasteiger partial charge in [0, 0.05) is 17.6 Å². The van der Waals surface area contributed by atoms with Crippen molar-refractivity contribution in [1.29, 1.82) is 0 Å². The van der Waals surface area contributed by atoms with Crippen molar-refractivity contribution in [2.45, 2.75) is 6.54 Å². The van der Waals surface area contributed by atoms with Crippen LogP contribution >= 0.6 is 15.9 Å². The summed E-state index contributed by atoms with van der Waals surface area (Å²) in [6, 6.07) is 8.00. The largest absolute Gasteiger partial charge is 0.395 e. The molecule has 0 aliphatic carbocycles. The minimum Gasteiger partial charge on any atom is -0.395 e. The van der Waals surface area contributed by atoms with Crippen molar-refractivity contribution in [2.75, 3.05) is 26.7 Å². The molecule has 0 aliphatic heterocycles. The standard InChI is InChI=1S/C12H17BrN2O2/c1-15(9-12(17)14-6-7-16)8-10-2-4-11(13)5-3-10/h2-5,16H,6-9H2,1H3,(H,14,17). The van der Waals surface area contributed by atoms with Crippen LogP contribution in [0.4, 0.5) is 0 Å². The van der Waals surface area contributed by atoms with Crippen LogP contribution in [0.15, 0.2) is 28.7 Å². The van der Waals surface area contributed by atoms with E-state index in [1.165, 1.54) is 0 Å². The molecule has 0 saturated heterocycles. The molecule has 0 spiro atoms. The van der Waals surface area contributed by atoms with Crippen molar-refractivity contribution in [1.82, 2.24) is 10.2 Å². The first kappa shape index (κ1) is 14.2. The number of hydrogen-bond acceptors (Lipinski definition) is 3. The maximum atomic E-state index is 11.4. The Kier molecular flexibility index (Phi) is 6.18. The average Bonchev–Trinajstić information content (AvgIpc) is 2.29. The number of carbonyl (C=O) groups is 1. The molecule has 0 aromatic heterocycles. The van der Waals surface area contributed by atoms with Gasteiger partial charge >= 0.3 is 0 Å². The number of halogens is 1. The van der Waals surface area contributed by atoms with E-state index in [0.29, 0.717) is 13.1 Å². The number of nitrogens with zero attached hydrogens (tertiary/aromatic N) is 1. The molecule has 0 fully saturated rings. The topological polar surface area (TPSA) is 52.6 Å². The second-order valence-electron chi connectivity index (χ2n) is 3.87. The molecule has 1 aromatic carbocycles. The van der Waals surface area contributed by atoms with E-state index in [0.717, 1.165) is 16.6 Å². The molecule has 0 aliphatic rings. The highest BCUT2D eigenvalue weighted by atomic mass is 79.9. The van der Waals surface area contributed by atoms with Gasteiger partial charge in [0.2, 0.25) is 5.91 Å². The Labute approximate surface area is 110 Å². The number of carbonyl (C=O) groups excluding carboxylic acids is 1. The number of aliphatic hydroxyl groups is 1. The number of nitrogens with one attached hydrogen (secondary N) is 1. The molecule has 0 atom stereocenters. The summed E-state index contributed by atoms with van der Waals surface area (Å²) in [5, 5.41) is 11.2. The van der Waals surface area contributed by atoms with Gasteiger partial charge in [0.15, 0.2) is 0 Å². The van der Waals surface area contributed by atoms with Gasteiger partial charge in [-0.2, -0.15) is 0 Å². The fourth-order valence-electron chi connectivity index (χ4n) is 1.45. The zero-order valence-corrected chi connectivity index (χ0v) is 11.4. The smallest absolute Gasteiger partial charge is 0.234 e. The van der Waals surface area contributed by atoms with E-state index in [9.17, 15) is 4.79 Å². The molecular formula is C12H17BrN2O2. The quantitative estimate of drug-likeness (QED) is 0.824. The van der Waals surface area contributed by atoms with Crippen molar-refractivity contribution in [2.24, 2.45) is 0 Å². The summed E-state index contributed by atoms with van der Waals surface area (Å²) in [5.74, 6) is -0.0707. The van der Waals surface area contributed by atoms with E-state index in [1.807, 2.05) is 36.2 Å². The lowest BCUT2D eigenvalue weighted by atomic mass is 10.2. The lowest BCUT2D eigenvalue weighted by Gasteiger charge is -2.16. The molecule has 0 saturated carbocycles. The lowest BCUT2D eigenvalue weighted by Crippen LogP contribution is -2.36. The highest BCUT2D eigenvalue weighted by molar-refractivity contribution is 9.10. The van der Waals surface area contributed by atoms with Gasteiger partial charge < -0.3 is 10.4 Å². The predicted molar refractivity (Wildman–Crippen MR) is 70.6 cm³/mol. The van der Waals surface area contributed by atoms with Crippen molar-refractivity contribution < 1.29 is 9.90 Å². The first-order valence-corrected chi connectivity index (χ1v) is 6.21. The van der Waals surface area contributed by atoms with E-state index < -0.39 is 0 Å². The Morgan fingerprint density at radius 2 is 2.06 bits per heavy atom. The molecule has 94 valence electrons. The number of benzene rings is 1. The number of aliphatic hydroxyl groups excluding tert-OH is 1. The molecule has 1 rings (SSSR count). The Bertz CT molecular complexity index is 354. The molecule has 0 heterocycles. The molecule has 1 amide bonds. The Morgan fingerprint density at radius 1 is 1.41 bits per heavy atom. The lowest BCUT2D eigenvalue weighted by molar-refractivity contribution is -0.122. The summed E-state index contributed by atoms with van der Waals surface area (Å²) < 4.78 is 1.05. The minimum absolute atomic E-state index is 0.0256. The van der Waals surface area contributed by atoms with Crippen LogP contribution in [0.25, 0.3) is 0 Å². The van der Waals surface area contributed by atoms with Gasteiger partial charge in [-0.25, -0.2) is 0 Å². The van der Waals surface area contributed by atoms with Gasteiger partial charge in [0.05, 0.1) is 13.2 Å². The number of rotatable bonds is 6. The van der Waals surface area contributed by atoms with Gasteiger partial charge in [0.25, 0.3) is 0 Å². The zero-order valence-electron chi connectivity index (χ0n) is 9.82. The SMILES string of the molecule is CN(CC(=O)NCCO)Cc1ccc(Br)cc1. The molecular weight excluding hydrogens is 284 g/mol. The molecule has 2 N–H and O–H groups in total. The first-order valence-electron chi connectivity index (χ1n) is 5.42. The summed E-state index contributed by atoms with van der Waals surface area (Å²) in [6.07, 6.45) is 0. The van der Waals surface area contributed by atoms with E-state index in [2.05, 4.69) is 21.2 Å². The van der Waals surface area contributed by atoms with Gasteiger partial charge in [0.1, 0.15) is 0 Å². The highest BCUT2D eigenvalue weighted by Crippen LogP contribution is 2.11. The first-order chi connectivity index (χ1) is 8.11. The fraction of sp³-hybridized carbons (Fsp3) is 0.417. The number of hydrogen-bond donors (Lipinski definition) is 2. The normalized spacial score (nSPS) is 10.6. The molecule has 0 radical (unpaired) electrons. The summed E-state index contributed by atoms with van der Waals surface area (Å²) in [6.45, 7) is 1.34. The Hall–Kier alpha value is -0.910. The zero-order chi connectivity index (χ0) is 12.7. The monoisotopic (exact) mass is 300 g/mol. The highest BCUT2D eigenvalue weighted by Gasteiger charge is 2.06. The van der Waals surface area contributed by atoms with Crippen molar-refractivity contribution in [3.05, 3.63) is 34.3 Å². The Morgan fingerprint density at radius 3 is 2.65 bits per heavy atom. The van der Waals surface area contributed by atoms with Crippen molar-refractivity contribution in [3.63, 3.8) is 0 Å². The third kappa shape index (κ3) is 5.81. The predicted octanol–water partition coefficient (Wildman–Crippen LogP) is 0.989. The third-order valence-electron chi connectivity index (χ3n) is 2.21.